The lowest BCUT2D eigenvalue weighted by Gasteiger charge is -2.34. The van der Waals surface area contributed by atoms with E-state index in [9.17, 15) is 17.6 Å². The van der Waals surface area contributed by atoms with Crippen LogP contribution in [0.25, 0.3) is 0 Å². The Bertz CT molecular complexity index is 981. The number of hydrogen-bond acceptors (Lipinski definition) is 3. The van der Waals surface area contributed by atoms with E-state index in [0.717, 1.165) is 24.1 Å². The maximum Gasteiger partial charge on any atom is 0.255 e. The summed E-state index contributed by atoms with van der Waals surface area (Å²) in [6.45, 7) is 6.54. The molecule has 1 heterocycles. The van der Waals surface area contributed by atoms with Crippen molar-refractivity contribution < 1.29 is 17.6 Å². The first-order chi connectivity index (χ1) is 13.2. The fourth-order valence-electron chi connectivity index (χ4n) is 3.69. The predicted octanol–water partition coefficient (Wildman–Crippen LogP) is 4.05. The van der Waals surface area contributed by atoms with Crippen molar-refractivity contribution in [1.82, 2.24) is 4.31 Å². The van der Waals surface area contributed by atoms with Crippen molar-refractivity contribution in [1.29, 1.82) is 0 Å². The van der Waals surface area contributed by atoms with Gasteiger partial charge < -0.3 is 5.32 Å². The summed E-state index contributed by atoms with van der Waals surface area (Å²) in [6, 6.07) is 10.7. The molecule has 0 saturated carbocycles. The standard InChI is InChI=1S/C21H25FN2O3S/c1-14-10-15(2)13-24(12-14)28(26,27)20-11-17(8-9-18(20)22)21(25)23-19-7-5-4-6-16(19)3/h4-9,11,14-15H,10,12-13H2,1-3H3,(H,23,25)/t14-,15-/m1/s1. The number of rotatable bonds is 4. The van der Waals surface area contributed by atoms with Crippen LogP contribution >= 0.6 is 0 Å². The van der Waals surface area contributed by atoms with Crippen molar-refractivity contribution in [2.24, 2.45) is 11.8 Å². The summed E-state index contributed by atoms with van der Waals surface area (Å²) in [5, 5.41) is 2.75. The maximum atomic E-state index is 14.4. The fraction of sp³-hybridized carbons (Fsp3) is 0.381. The number of anilines is 1. The molecule has 0 aliphatic carbocycles. The van der Waals surface area contributed by atoms with Crippen LogP contribution in [0, 0.1) is 24.6 Å². The molecule has 1 aliphatic heterocycles. The maximum absolute atomic E-state index is 14.4. The number of hydrogen-bond donors (Lipinski definition) is 1. The van der Waals surface area contributed by atoms with Crippen LogP contribution in [0.1, 0.15) is 36.2 Å². The third-order valence-electron chi connectivity index (χ3n) is 5.04. The average molecular weight is 405 g/mol. The summed E-state index contributed by atoms with van der Waals surface area (Å²) in [4.78, 5) is 12.1. The second kappa shape index (κ2) is 8.01. The molecular formula is C21H25FN2O3S. The van der Waals surface area contributed by atoms with E-state index in [1.165, 1.54) is 10.4 Å². The molecule has 5 nitrogen and oxygen atoms in total. The van der Waals surface area contributed by atoms with Crippen molar-refractivity contribution in [3.63, 3.8) is 0 Å². The van der Waals surface area contributed by atoms with E-state index in [-0.39, 0.29) is 17.4 Å². The molecule has 2 aromatic carbocycles. The van der Waals surface area contributed by atoms with E-state index in [1.807, 2.05) is 32.9 Å². The average Bonchev–Trinajstić information content (AvgIpc) is 2.63. The van der Waals surface area contributed by atoms with E-state index in [1.54, 1.807) is 12.1 Å². The summed E-state index contributed by atoms with van der Waals surface area (Å²) >= 11 is 0. The van der Waals surface area contributed by atoms with Gasteiger partial charge in [0, 0.05) is 24.3 Å². The van der Waals surface area contributed by atoms with Crippen molar-refractivity contribution in [2.45, 2.75) is 32.1 Å². The molecule has 1 aliphatic rings. The minimum Gasteiger partial charge on any atom is -0.322 e. The first-order valence-corrected chi connectivity index (χ1v) is 10.8. The van der Waals surface area contributed by atoms with Gasteiger partial charge in [0.2, 0.25) is 10.0 Å². The summed E-state index contributed by atoms with van der Waals surface area (Å²) in [7, 11) is -4.02. The number of carbonyl (C=O) groups is 1. The van der Waals surface area contributed by atoms with E-state index >= 15 is 0 Å². The Morgan fingerprint density at radius 3 is 2.39 bits per heavy atom. The van der Waals surface area contributed by atoms with Crippen LogP contribution in [-0.4, -0.2) is 31.7 Å². The monoisotopic (exact) mass is 404 g/mol. The first-order valence-electron chi connectivity index (χ1n) is 9.35. The van der Waals surface area contributed by atoms with Crippen LogP contribution in [0.15, 0.2) is 47.4 Å². The normalized spacial score (nSPS) is 20.7. The zero-order valence-electron chi connectivity index (χ0n) is 16.3. The number of benzene rings is 2. The number of piperidine rings is 1. The topological polar surface area (TPSA) is 66.5 Å². The van der Waals surface area contributed by atoms with Crippen LogP contribution in [0.2, 0.25) is 0 Å². The summed E-state index contributed by atoms with van der Waals surface area (Å²) in [6.07, 6.45) is 0.938. The van der Waals surface area contributed by atoms with Gasteiger partial charge in [-0.2, -0.15) is 4.31 Å². The Balaban J connectivity index is 1.91. The molecule has 1 saturated heterocycles. The molecule has 0 aromatic heterocycles. The van der Waals surface area contributed by atoms with E-state index in [2.05, 4.69) is 5.32 Å². The SMILES string of the molecule is Cc1ccccc1NC(=O)c1ccc(F)c(S(=O)(=O)N2C[C@H](C)C[C@@H](C)C2)c1. The molecule has 0 unspecified atom stereocenters. The third kappa shape index (κ3) is 4.25. The van der Waals surface area contributed by atoms with Crippen molar-refractivity contribution in [3.05, 3.63) is 59.4 Å². The number of nitrogens with zero attached hydrogens (tertiary/aromatic N) is 1. The Hall–Kier alpha value is -2.25. The Kier molecular flexibility index (Phi) is 5.86. The quantitative estimate of drug-likeness (QED) is 0.836. The number of carbonyl (C=O) groups excluding carboxylic acids is 1. The van der Waals surface area contributed by atoms with E-state index in [4.69, 9.17) is 0 Å². The minimum absolute atomic E-state index is 0.0985. The number of nitrogens with one attached hydrogen (secondary N) is 1. The highest BCUT2D eigenvalue weighted by Gasteiger charge is 2.33. The van der Waals surface area contributed by atoms with Gasteiger partial charge >= 0.3 is 0 Å². The molecule has 1 amide bonds. The molecule has 7 heteroatoms. The van der Waals surface area contributed by atoms with Gasteiger partial charge in [-0.15, -0.1) is 0 Å². The van der Waals surface area contributed by atoms with Gasteiger partial charge in [-0.05, 0) is 55.0 Å². The van der Waals surface area contributed by atoms with Crippen molar-refractivity contribution >= 4 is 21.6 Å². The summed E-state index contributed by atoms with van der Waals surface area (Å²) in [5.74, 6) is -0.923. The van der Waals surface area contributed by atoms with Gasteiger partial charge in [0.1, 0.15) is 10.7 Å². The lowest BCUT2D eigenvalue weighted by Crippen LogP contribution is -2.42. The largest absolute Gasteiger partial charge is 0.322 e. The molecule has 0 radical (unpaired) electrons. The first kappa shape index (κ1) is 20.5. The number of sulfonamides is 1. The molecular weight excluding hydrogens is 379 g/mol. The van der Waals surface area contributed by atoms with Gasteiger partial charge in [-0.25, -0.2) is 12.8 Å². The Morgan fingerprint density at radius 1 is 1.11 bits per heavy atom. The Labute approximate surface area is 165 Å². The second-order valence-electron chi connectivity index (χ2n) is 7.68. The zero-order chi connectivity index (χ0) is 20.5. The molecule has 150 valence electrons. The Morgan fingerprint density at radius 2 is 1.75 bits per heavy atom. The molecule has 1 fully saturated rings. The van der Waals surface area contributed by atoms with E-state index in [0.29, 0.717) is 18.8 Å². The number of halogens is 1. The lowest BCUT2D eigenvalue weighted by atomic mass is 9.94. The highest BCUT2D eigenvalue weighted by atomic mass is 32.2. The smallest absolute Gasteiger partial charge is 0.255 e. The van der Waals surface area contributed by atoms with Gasteiger partial charge in [0.25, 0.3) is 5.91 Å². The lowest BCUT2D eigenvalue weighted by molar-refractivity contribution is 0.102. The minimum atomic E-state index is -4.02. The van der Waals surface area contributed by atoms with Crippen LogP contribution in [0.4, 0.5) is 10.1 Å². The number of para-hydroxylation sites is 1. The second-order valence-corrected chi connectivity index (χ2v) is 9.59. The molecule has 0 spiro atoms. The number of aryl methyl sites for hydroxylation is 1. The fourth-order valence-corrected chi connectivity index (χ4v) is 5.46. The number of amides is 1. The third-order valence-corrected chi connectivity index (χ3v) is 6.89. The van der Waals surface area contributed by atoms with Gasteiger partial charge in [-0.1, -0.05) is 32.0 Å². The summed E-state index contributed by atoms with van der Waals surface area (Å²) in [5.41, 5.74) is 1.60. The van der Waals surface area contributed by atoms with Crippen molar-refractivity contribution in [3.8, 4) is 0 Å². The van der Waals surface area contributed by atoms with Crippen molar-refractivity contribution in [2.75, 3.05) is 18.4 Å². The summed E-state index contributed by atoms with van der Waals surface area (Å²) < 4.78 is 41.8. The molecule has 28 heavy (non-hydrogen) atoms. The highest BCUT2D eigenvalue weighted by molar-refractivity contribution is 7.89. The predicted molar refractivity (Wildman–Crippen MR) is 107 cm³/mol. The van der Waals surface area contributed by atoms with Gasteiger partial charge in [0.05, 0.1) is 0 Å². The molecule has 0 bridgehead atoms. The van der Waals surface area contributed by atoms with Gasteiger partial charge in [0.15, 0.2) is 0 Å². The van der Waals surface area contributed by atoms with E-state index < -0.39 is 26.6 Å². The van der Waals surface area contributed by atoms with Gasteiger partial charge in [-0.3, -0.25) is 4.79 Å². The highest BCUT2D eigenvalue weighted by Crippen LogP contribution is 2.28. The van der Waals surface area contributed by atoms with Crippen LogP contribution in [-0.2, 0) is 10.0 Å². The van der Waals surface area contributed by atoms with Crippen LogP contribution < -0.4 is 5.32 Å². The molecule has 3 rings (SSSR count). The molecule has 1 N–H and O–H groups in total. The zero-order valence-corrected chi connectivity index (χ0v) is 17.1. The molecule has 2 atom stereocenters. The van der Waals surface area contributed by atoms with Crippen LogP contribution in [0.5, 0.6) is 0 Å². The van der Waals surface area contributed by atoms with Crippen LogP contribution in [0.3, 0.4) is 0 Å². The molecule has 2 aromatic rings.